The number of morpholine rings is 1. The Morgan fingerprint density at radius 2 is 1.91 bits per heavy atom. The summed E-state index contributed by atoms with van der Waals surface area (Å²) in [5.41, 5.74) is 3.68. The molecule has 2 N–H and O–H groups in total. The number of aliphatic hydroxyl groups is 1. The number of nitrogens with one attached hydrogen (secondary N) is 1. The maximum Gasteiger partial charge on any atom is 0.262 e. The number of ether oxygens (including phenoxy) is 2. The van der Waals surface area contributed by atoms with Crippen molar-refractivity contribution in [2.75, 3.05) is 50.9 Å². The average Bonchev–Trinajstić information content (AvgIpc) is 3.18. The number of halogens is 1. The Morgan fingerprint density at radius 1 is 1.11 bits per heavy atom. The Hall–Kier alpha value is -2.30. The second kappa shape index (κ2) is 13.2. The van der Waals surface area contributed by atoms with Crippen LogP contribution in [0.1, 0.15) is 73.9 Å². The number of nitrogens with zero attached hydrogens (tertiary/aromatic N) is 2. The second-order valence-corrected chi connectivity index (χ2v) is 17.8. The molecule has 8 atom stereocenters. The van der Waals surface area contributed by atoms with Gasteiger partial charge in [-0.15, -0.1) is 0 Å². The van der Waals surface area contributed by atoms with E-state index in [-0.39, 0.29) is 34.4 Å². The Balaban J connectivity index is 1.27. The van der Waals surface area contributed by atoms with Crippen LogP contribution in [-0.2, 0) is 26.3 Å². The molecular weight excluding hydrogens is 634 g/mol. The first-order valence-electron chi connectivity index (χ1n) is 17.5. The number of anilines is 1. The summed E-state index contributed by atoms with van der Waals surface area (Å²) >= 11 is 6.45. The molecule has 2 aromatic rings. The largest absolute Gasteiger partial charge is 0.490 e. The molecule has 3 aliphatic heterocycles. The molecule has 2 aliphatic carbocycles. The number of carbonyl (C=O) groups excluding carboxylic acids is 1. The minimum Gasteiger partial charge on any atom is -0.490 e. The molecule has 8 nitrogen and oxygen atoms in total. The average molecular weight is 684 g/mol. The monoisotopic (exact) mass is 683 g/mol. The fraction of sp³-hybridized carbons (Fsp3) is 0.622. The maximum absolute atomic E-state index is 14.0. The third-order valence-electron chi connectivity index (χ3n) is 12.1. The van der Waals surface area contributed by atoms with E-state index in [1.165, 1.54) is 11.1 Å². The zero-order chi connectivity index (χ0) is 32.9. The normalized spacial score (nSPS) is 36.7. The Kier molecular flexibility index (Phi) is 9.33. The van der Waals surface area contributed by atoms with Gasteiger partial charge in [-0.2, -0.15) is 0 Å². The molecule has 3 heterocycles. The van der Waals surface area contributed by atoms with E-state index < -0.39 is 15.8 Å². The molecule has 2 bridgehead atoms. The van der Waals surface area contributed by atoms with Crippen LogP contribution < -0.4 is 14.4 Å². The van der Waals surface area contributed by atoms with Crippen LogP contribution in [0.4, 0.5) is 5.69 Å². The van der Waals surface area contributed by atoms with Gasteiger partial charge in [-0.1, -0.05) is 24.6 Å². The van der Waals surface area contributed by atoms with Crippen molar-refractivity contribution in [1.29, 1.82) is 0 Å². The van der Waals surface area contributed by atoms with E-state index >= 15 is 0 Å². The predicted octanol–water partition coefficient (Wildman–Crippen LogP) is 5.08. The SMILES string of the molecule is C=S1(=O)NC(=O)c2ccc3c(c2)N(C[C@@H]2CC[C@H]2[C@H](O)C[C@@H](N2CCOCC2)C[C@H](C)[C@H]1C)C[C@@]1(CCCc2cc(Cl)ccc21)CO3. The lowest BCUT2D eigenvalue weighted by Gasteiger charge is -2.47. The third-order valence-corrected chi connectivity index (χ3v) is 14.5. The highest BCUT2D eigenvalue weighted by Gasteiger charge is 2.45. The summed E-state index contributed by atoms with van der Waals surface area (Å²) in [5, 5.41) is 12.3. The van der Waals surface area contributed by atoms with Crippen molar-refractivity contribution in [2.45, 2.75) is 81.6 Å². The van der Waals surface area contributed by atoms with Crippen molar-refractivity contribution < 1.29 is 23.6 Å². The van der Waals surface area contributed by atoms with Crippen molar-refractivity contribution in [2.24, 2.45) is 17.8 Å². The van der Waals surface area contributed by atoms with Gasteiger partial charge in [0.1, 0.15) is 5.75 Å². The van der Waals surface area contributed by atoms with Crippen molar-refractivity contribution >= 4 is 38.8 Å². The van der Waals surface area contributed by atoms with E-state index in [1.807, 2.05) is 25.1 Å². The zero-order valence-electron chi connectivity index (χ0n) is 27.8. The van der Waals surface area contributed by atoms with Crippen LogP contribution >= 0.6 is 11.6 Å². The first-order valence-corrected chi connectivity index (χ1v) is 19.7. The van der Waals surface area contributed by atoms with Crippen molar-refractivity contribution in [3.63, 3.8) is 0 Å². The molecule has 256 valence electrons. The molecule has 1 spiro atoms. The van der Waals surface area contributed by atoms with Gasteiger partial charge in [0.25, 0.3) is 5.91 Å². The number of carbonyl (C=O) groups is 1. The highest BCUT2D eigenvalue weighted by atomic mass is 35.5. The van der Waals surface area contributed by atoms with Crippen LogP contribution in [0.15, 0.2) is 36.4 Å². The van der Waals surface area contributed by atoms with E-state index in [1.54, 1.807) is 6.07 Å². The van der Waals surface area contributed by atoms with Gasteiger partial charge >= 0.3 is 0 Å². The molecule has 2 fully saturated rings. The lowest BCUT2D eigenvalue weighted by atomic mass is 9.67. The molecule has 7 rings (SSSR count). The van der Waals surface area contributed by atoms with Crippen LogP contribution in [0.25, 0.3) is 0 Å². The molecule has 1 amide bonds. The van der Waals surface area contributed by atoms with Crippen LogP contribution in [0, 0.1) is 17.8 Å². The number of aliphatic hydroxyl groups excluding tert-OH is 1. The standard InChI is InChI=1S/C37H50ClN3O5S/c1-24-17-30(40-13-15-45-16-14-40)20-34(42)31-9-6-28(31)21-41-22-37(12-4-5-26-18-29(38)8-10-32(26)37)23-46-35-11-7-27(19-33(35)41)36(43)39-47(3,44)25(24)2/h7-8,10-11,18-19,24-25,28,30-31,34,42H,3-6,9,12-17,20-23H2,1-2H3,(H,39,43,44)/t24-,25+,28-,30-,31+,34+,37-,47?/m0/s1. The number of hydrogen-bond acceptors (Lipinski definition) is 7. The van der Waals surface area contributed by atoms with Gasteiger partial charge in [-0.05, 0) is 117 Å². The van der Waals surface area contributed by atoms with E-state index in [0.29, 0.717) is 37.7 Å². The lowest BCUT2D eigenvalue weighted by Crippen LogP contribution is -2.51. The van der Waals surface area contributed by atoms with Crippen molar-refractivity contribution in [1.82, 2.24) is 9.62 Å². The summed E-state index contributed by atoms with van der Waals surface area (Å²) in [5.74, 6) is 4.98. The highest BCUT2D eigenvalue weighted by Crippen LogP contribution is 2.47. The van der Waals surface area contributed by atoms with E-state index in [9.17, 15) is 14.1 Å². The van der Waals surface area contributed by atoms with Crippen LogP contribution in [0.2, 0.25) is 5.02 Å². The van der Waals surface area contributed by atoms with Crippen LogP contribution in [0.3, 0.4) is 0 Å². The minimum absolute atomic E-state index is 0.0193. The minimum atomic E-state index is -2.97. The molecule has 0 radical (unpaired) electrons. The van der Waals surface area contributed by atoms with E-state index in [4.69, 9.17) is 21.1 Å². The predicted molar refractivity (Wildman–Crippen MR) is 189 cm³/mol. The highest BCUT2D eigenvalue weighted by molar-refractivity contribution is 7.99. The molecule has 0 aromatic heterocycles. The molecule has 47 heavy (non-hydrogen) atoms. The first kappa shape index (κ1) is 33.2. The molecule has 10 heteroatoms. The number of amides is 1. The Bertz CT molecular complexity index is 1600. The van der Waals surface area contributed by atoms with Crippen LogP contribution in [0.5, 0.6) is 5.75 Å². The summed E-state index contributed by atoms with van der Waals surface area (Å²) in [6.07, 6.45) is 6.13. The number of aryl methyl sites for hydroxylation is 1. The van der Waals surface area contributed by atoms with Gasteiger partial charge < -0.3 is 19.5 Å². The smallest absolute Gasteiger partial charge is 0.262 e. The Labute approximate surface area is 285 Å². The fourth-order valence-electron chi connectivity index (χ4n) is 8.96. The number of hydrogen-bond donors (Lipinski definition) is 2. The molecular formula is C37H50ClN3O5S. The second-order valence-electron chi connectivity index (χ2n) is 15.0. The first-order chi connectivity index (χ1) is 22.5. The van der Waals surface area contributed by atoms with E-state index in [0.717, 1.165) is 81.2 Å². The summed E-state index contributed by atoms with van der Waals surface area (Å²) in [4.78, 5) is 18.6. The van der Waals surface area contributed by atoms with Crippen LogP contribution in [-0.4, -0.2) is 89.4 Å². The van der Waals surface area contributed by atoms with Gasteiger partial charge in [0.2, 0.25) is 0 Å². The third kappa shape index (κ3) is 6.55. The number of fused-ring (bicyclic) bond motifs is 4. The maximum atomic E-state index is 14.0. The van der Waals surface area contributed by atoms with Gasteiger partial charge in [-0.25, -0.2) is 4.21 Å². The van der Waals surface area contributed by atoms with Crippen molar-refractivity contribution in [3.05, 3.63) is 58.1 Å². The topological polar surface area (TPSA) is 91.3 Å². The van der Waals surface area contributed by atoms with Gasteiger partial charge in [-0.3, -0.25) is 14.4 Å². The lowest BCUT2D eigenvalue weighted by molar-refractivity contribution is -0.0324. The Morgan fingerprint density at radius 3 is 2.68 bits per heavy atom. The summed E-state index contributed by atoms with van der Waals surface area (Å²) in [6.45, 7) is 9.09. The zero-order valence-corrected chi connectivity index (χ0v) is 29.4. The van der Waals surface area contributed by atoms with E-state index in [2.05, 4.69) is 39.4 Å². The van der Waals surface area contributed by atoms with Crippen molar-refractivity contribution in [3.8, 4) is 5.75 Å². The summed E-state index contributed by atoms with van der Waals surface area (Å²) in [6, 6.07) is 12.0. The fourth-order valence-corrected chi connectivity index (χ4v) is 10.6. The van der Waals surface area contributed by atoms with Gasteiger partial charge in [0.15, 0.2) is 0 Å². The molecule has 1 saturated heterocycles. The molecule has 1 unspecified atom stereocenters. The number of benzene rings is 2. The molecule has 1 saturated carbocycles. The summed E-state index contributed by atoms with van der Waals surface area (Å²) in [7, 11) is -2.97. The molecule has 5 aliphatic rings. The summed E-state index contributed by atoms with van der Waals surface area (Å²) < 4.78 is 29.2. The number of rotatable bonds is 1. The van der Waals surface area contributed by atoms with Gasteiger partial charge in [0, 0.05) is 53.5 Å². The van der Waals surface area contributed by atoms with Gasteiger partial charge in [0.05, 0.1) is 41.3 Å². The molecule has 2 aromatic carbocycles. The quantitative estimate of drug-likeness (QED) is 0.406.